The Bertz CT molecular complexity index is 1010. The highest BCUT2D eigenvalue weighted by molar-refractivity contribution is 8.00. The van der Waals surface area contributed by atoms with Crippen LogP contribution in [-0.2, 0) is 4.79 Å². The molecule has 0 fully saturated rings. The molecule has 3 rings (SSSR count). The molecule has 0 spiro atoms. The van der Waals surface area contributed by atoms with E-state index in [1.54, 1.807) is 37.3 Å². The fourth-order valence-corrected chi connectivity index (χ4v) is 3.10. The van der Waals surface area contributed by atoms with Gasteiger partial charge in [0.2, 0.25) is 11.8 Å². The number of nitrogens with one attached hydrogen (secondary N) is 1. The molecule has 0 bridgehead atoms. The number of amides is 1. The Morgan fingerprint density at radius 1 is 1.24 bits per heavy atom. The fourth-order valence-electron chi connectivity index (χ4n) is 2.41. The number of thioether (sulfide) groups is 1. The first-order valence-electron chi connectivity index (χ1n) is 8.75. The van der Waals surface area contributed by atoms with Crippen molar-refractivity contribution >= 4 is 29.0 Å². The Balaban J connectivity index is 1.64. The van der Waals surface area contributed by atoms with E-state index in [0.717, 1.165) is 23.1 Å². The SMILES string of the molecule is CCOc1ccc(-c2nnc(S[C@@H](C)C(=O)Nc3ccccc3[N+](=O)[O-])o2)cc1. The van der Waals surface area contributed by atoms with Gasteiger partial charge in [0.15, 0.2) is 0 Å². The maximum atomic E-state index is 12.4. The van der Waals surface area contributed by atoms with Crippen molar-refractivity contribution in [3.05, 3.63) is 58.6 Å². The normalized spacial score (nSPS) is 11.7. The number of carbonyl (C=O) groups is 1. The van der Waals surface area contributed by atoms with Crippen molar-refractivity contribution in [2.75, 3.05) is 11.9 Å². The van der Waals surface area contributed by atoms with Crippen molar-refractivity contribution in [3.8, 4) is 17.2 Å². The number of benzene rings is 2. The van der Waals surface area contributed by atoms with Gasteiger partial charge in [-0.3, -0.25) is 14.9 Å². The molecule has 1 aromatic heterocycles. The van der Waals surface area contributed by atoms with Gasteiger partial charge in [0.1, 0.15) is 11.4 Å². The van der Waals surface area contributed by atoms with Gasteiger partial charge in [-0.05, 0) is 44.2 Å². The summed E-state index contributed by atoms with van der Waals surface area (Å²) in [5.74, 6) is 0.651. The highest BCUT2D eigenvalue weighted by atomic mass is 32.2. The number of carbonyl (C=O) groups excluding carboxylic acids is 1. The van der Waals surface area contributed by atoms with Crippen molar-refractivity contribution in [1.82, 2.24) is 10.2 Å². The van der Waals surface area contributed by atoms with Crippen LogP contribution in [0.2, 0.25) is 0 Å². The average molecular weight is 414 g/mol. The zero-order valence-electron chi connectivity index (χ0n) is 15.7. The quantitative estimate of drug-likeness (QED) is 0.331. The molecule has 1 heterocycles. The van der Waals surface area contributed by atoms with Gasteiger partial charge in [0, 0.05) is 11.6 Å². The van der Waals surface area contributed by atoms with E-state index < -0.39 is 16.1 Å². The van der Waals surface area contributed by atoms with Crippen molar-refractivity contribution in [3.63, 3.8) is 0 Å². The van der Waals surface area contributed by atoms with E-state index in [1.807, 2.05) is 6.92 Å². The lowest BCUT2D eigenvalue weighted by Crippen LogP contribution is -2.22. The third kappa shape index (κ3) is 5.11. The molecule has 2 aromatic carbocycles. The van der Waals surface area contributed by atoms with Crippen LogP contribution in [0.25, 0.3) is 11.5 Å². The molecule has 3 aromatic rings. The molecular formula is C19H18N4O5S. The minimum Gasteiger partial charge on any atom is -0.494 e. The maximum absolute atomic E-state index is 12.4. The molecule has 0 saturated heterocycles. The lowest BCUT2D eigenvalue weighted by molar-refractivity contribution is -0.383. The number of para-hydroxylation sites is 2. The van der Waals surface area contributed by atoms with E-state index in [0.29, 0.717) is 12.5 Å². The number of hydrogen-bond donors (Lipinski definition) is 1. The van der Waals surface area contributed by atoms with Crippen LogP contribution in [0, 0.1) is 10.1 Å². The molecule has 1 atom stereocenters. The van der Waals surface area contributed by atoms with Crippen molar-refractivity contribution < 1.29 is 18.9 Å². The topological polar surface area (TPSA) is 120 Å². The Hall–Kier alpha value is -3.40. The zero-order valence-corrected chi connectivity index (χ0v) is 16.5. The first-order chi connectivity index (χ1) is 14.0. The zero-order chi connectivity index (χ0) is 20.8. The van der Waals surface area contributed by atoms with Crippen LogP contribution in [0.1, 0.15) is 13.8 Å². The summed E-state index contributed by atoms with van der Waals surface area (Å²) < 4.78 is 11.0. The Morgan fingerprint density at radius 2 is 1.97 bits per heavy atom. The summed E-state index contributed by atoms with van der Waals surface area (Å²) in [7, 11) is 0. The monoisotopic (exact) mass is 414 g/mol. The highest BCUT2D eigenvalue weighted by Crippen LogP contribution is 2.29. The van der Waals surface area contributed by atoms with Gasteiger partial charge >= 0.3 is 0 Å². The Morgan fingerprint density at radius 3 is 2.66 bits per heavy atom. The van der Waals surface area contributed by atoms with Gasteiger partial charge in [-0.2, -0.15) is 0 Å². The largest absolute Gasteiger partial charge is 0.494 e. The minimum atomic E-state index is -0.608. The molecule has 0 aliphatic carbocycles. The number of anilines is 1. The molecule has 9 nitrogen and oxygen atoms in total. The summed E-state index contributed by atoms with van der Waals surface area (Å²) in [6.45, 7) is 4.13. The Kier molecular flexibility index (Phi) is 6.45. The number of rotatable bonds is 8. The second-order valence-corrected chi connectivity index (χ2v) is 7.15. The summed E-state index contributed by atoms with van der Waals surface area (Å²) in [5.41, 5.74) is 0.689. The van der Waals surface area contributed by atoms with Crippen molar-refractivity contribution in [2.24, 2.45) is 0 Å². The highest BCUT2D eigenvalue weighted by Gasteiger charge is 2.22. The number of nitro benzene ring substituents is 1. The van der Waals surface area contributed by atoms with E-state index in [9.17, 15) is 14.9 Å². The fraction of sp³-hybridized carbons (Fsp3) is 0.211. The van der Waals surface area contributed by atoms with Crippen LogP contribution in [0.3, 0.4) is 0 Å². The van der Waals surface area contributed by atoms with Gasteiger partial charge in [-0.15, -0.1) is 10.2 Å². The molecule has 0 saturated carbocycles. The second-order valence-electron chi connectivity index (χ2n) is 5.85. The molecule has 0 radical (unpaired) electrons. The van der Waals surface area contributed by atoms with Gasteiger partial charge in [-0.1, -0.05) is 23.9 Å². The standard InChI is InChI=1S/C19H18N4O5S/c1-3-27-14-10-8-13(9-11-14)18-21-22-19(28-18)29-12(2)17(24)20-15-6-4-5-7-16(15)23(25)26/h4-12H,3H2,1-2H3,(H,20,24)/t12-/m0/s1. The van der Waals surface area contributed by atoms with Crippen molar-refractivity contribution in [2.45, 2.75) is 24.3 Å². The van der Waals surface area contributed by atoms with E-state index in [1.165, 1.54) is 18.2 Å². The minimum absolute atomic E-state index is 0.135. The molecule has 0 unspecified atom stereocenters. The lowest BCUT2D eigenvalue weighted by Gasteiger charge is -2.10. The molecule has 1 amide bonds. The first-order valence-corrected chi connectivity index (χ1v) is 9.63. The van der Waals surface area contributed by atoms with Gasteiger partial charge in [0.05, 0.1) is 16.8 Å². The van der Waals surface area contributed by atoms with Gasteiger partial charge in [0.25, 0.3) is 10.9 Å². The molecule has 1 N–H and O–H groups in total. The molecule has 150 valence electrons. The predicted molar refractivity (Wildman–Crippen MR) is 108 cm³/mol. The Labute approximate surface area is 170 Å². The smallest absolute Gasteiger partial charge is 0.292 e. The molecular weight excluding hydrogens is 396 g/mol. The average Bonchev–Trinajstić information content (AvgIpc) is 3.17. The van der Waals surface area contributed by atoms with E-state index in [2.05, 4.69) is 15.5 Å². The summed E-state index contributed by atoms with van der Waals surface area (Å²) in [5, 5.41) is 21.2. The summed E-state index contributed by atoms with van der Waals surface area (Å²) in [6.07, 6.45) is 0. The summed E-state index contributed by atoms with van der Waals surface area (Å²) >= 11 is 1.07. The third-order valence-corrected chi connectivity index (χ3v) is 4.76. The molecule has 0 aliphatic rings. The summed E-state index contributed by atoms with van der Waals surface area (Å²) in [6, 6.07) is 13.2. The van der Waals surface area contributed by atoms with Gasteiger partial charge in [-0.25, -0.2) is 0 Å². The maximum Gasteiger partial charge on any atom is 0.292 e. The van der Waals surface area contributed by atoms with E-state index in [4.69, 9.17) is 9.15 Å². The van der Waals surface area contributed by atoms with Gasteiger partial charge < -0.3 is 14.5 Å². The van der Waals surface area contributed by atoms with Crippen molar-refractivity contribution in [1.29, 1.82) is 0 Å². The third-order valence-electron chi connectivity index (χ3n) is 3.82. The number of aromatic nitrogens is 2. The number of hydrogen-bond acceptors (Lipinski definition) is 8. The summed E-state index contributed by atoms with van der Waals surface area (Å²) in [4.78, 5) is 22.9. The molecule has 10 heteroatoms. The second kappa shape index (κ2) is 9.20. The predicted octanol–water partition coefficient (Wildman–Crippen LogP) is 4.16. The van der Waals surface area contributed by atoms with Crippen LogP contribution in [-0.4, -0.2) is 32.9 Å². The van der Waals surface area contributed by atoms with Crippen LogP contribution in [0.4, 0.5) is 11.4 Å². The lowest BCUT2D eigenvalue weighted by atomic mass is 10.2. The molecule has 0 aliphatic heterocycles. The molecule has 29 heavy (non-hydrogen) atoms. The van der Waals surface area contributed by atoms with E-state index >= 15 is 0 Å². The first kappa shape index (κ1) is 20.3. The number of nitro groups is 1. The van der Waals surface area contributed by atoms with Crippen LogP contribution in [0.5, 0.6) is 5.75 Å². The van der Waals surface area contributed by atoms with Crippen LogP contribution >= 0.6 is 11.8 Å². The number of nitrogens with zero attached hydrogens (tertiary/aromatic N) is 3. The number of ether oxygens (including phenoxy) is 1. The van der Waals surface area contributed by atoms with Crippen LogP contribution < -0.4 is 10.1 Å². The van der Waals surface area contributed by atoms with E-state index in [-0.39, 0.29) is 16.6 Å². The van der Waals surface area contributed by atoms with Crippen LogP contribution in [0.15, 0.2) is 58.2 Å².